The average molecular weight is 435 g/mol. The van der Waals surface area contributed by atoms with Gasteiger partial charge in [0.1, 0.15) is 16.9 Å². The van der Waals surface area contributed by atoms with E-state index in [2.05, 4.69) is 25.9 Å². The molecule has 2 aromatic rings. The molecule has 1 N–H and O–H groups in total. The molecule has 1 unspecified atom stereocenters. The maximum Gasteiger partial charge on any atom is 0.225 e. The maximum absolute atomic E-state index is 14.5. The van der Waals surface area contributed by atoms with Gasteiger partial charge in [0.05, 0.1) is 24.2 Å². The number of β-amino-alcohol motifs (C(OH)–C–C–N with tert-alkyl or cyclic N) is 1. The predicted molar refractivity (Wildman–Crippen MR) is 102 cm³/mol. The molecule has 0 amide bonds. The minimum atomic E-state index is -1.02. The fourth-order valence-electron chi connectivity index (χ4n) is 2.71. The highest BCUT2D eigenvalue weighted by Crippen LogP contribution is 2.33. The van der Waals surface area contributed by atoms with Gasteiger partial charge in [0.2, 0.25) is 5.28 Å². The molecule has 1 saturated heterocycles. The van der Waals surface area contributed by atoms with Gasteiger partial charge in [0.15, 0.2) is 5.82 Å². The van der Waals surface area contributed by atoms with Crippen LogP contribution in [-0.4, -0.2) is 47.0 Å². The van der Waals surface area contributed by atoms with Crippen molar-refractivity contribution in [2.75, 3.05) is 31.2 Å². The van der Waals surface area contributed by atoms with Crippen molar-refractivity contribution in [1.82, 2.24) is 9.97 Å². The monoisotopic (exact) mass is 433 g/mol. The first-order valence-electron chi connectivity index (χ1n) is 8.15. The summed E-state index contributed by atoms with van der Waals surface area (Å²) >= 11 is 9.22. The van der Waals surface area contributed by atoms with Gasteiger partial charge in [0.25, 0.3) is 0 Å². The summed E-state index contributed by atoms with van der Waals surface area (Å²) in [6, 6.07) is 1.81. The summed E-state index contributed by atoms with van der Waals surface area (Å²) in [5, 5.41) is 10.9. The van der Waals surface area contributed by atoms with Crippen LogP contribution < -0.4 is 4.90 Å². The van der Waals surface area contributed by atoms with Crippen LogP contribution in [0.25, 0.3) is 10.9 Å². The second kappa shape index (κ2) is 8.12. The van der Waals surface area contributed by atoms with Gasteiger partial charge >= 0.3 is 0 Å². The van der Waals surface area contributed by atoms with Gasteiger partial charge in [-0.3, -0.25) is 0 Å². The zero-order valence-electron chi connectivity index (χ0n) is 14.7. The van der Waals surface area contributed by atoms with E-state index in [9.17, 15) is 9.50 Å². The Morgan fingerprint density at radius 1 is 1.40 bits per heavy atom. The molecule has 1 aliphatic rings. The molecule has 1 aromatic carbocycles. The van der Waals surface area contributed by atoms with Crippen molar-refractivity contribution in [1.29, 1.82) is 0 Å². The molecule has 8 heteroatoms. The van der Waals surface area contributed by atoms with Crippen LogP contribution in [0.1, 0.15) is 26.3 Å². The van der Waals surface area contributed by atoms with E-state index in [0.717, 1.165) is 5.56 Å². The summed E-state index contributed by atoms with van der Waals surface area (Å²) in [4.78, 5) is 10.2. The number of rotatable bonds is 1. The van der Waals surface area contributed by atoms with Gasteiger partial charge in [-0.25, -0.2) is 9.37 Å². The smallest absolute Gasteiger partial charge is 0.225 e. The van der Waals surface area contributed by atoms with Gasteiger partial charge in [-0.1, -0.05) is 13.8 Å². The van der Waals surface area contributed by atoms with Crippen LogP contribution in [0.4, 0.5) is 10.2 Å². The summed E-state index contributed by atoms with van der Waals surface area (Å²) in [6.07, 6.45) is 0. The summed E-state index contributed by atoms with van der Waals surface area (Å²) < 4.78 is 20.3. The third-order valence-electron chi connectivity index (χ3n) is 3.76. The molecule has 0 saturated carbocycles. The molecule has 0 spiro atoms. The number of aryl methyl sites for hydroxylation is 1. The molecule has 0 radical (unpaired) electrons. The molecule has 1 atom stereocenters. The number of aromatic nitrogens is 2. The van der Waals surface area contributed by atoms with Crippen molar-refractivity contribution in [2.45, 2.75) is 33.3 Å². The zero-order valence-corrected chi connectivity index (χ0v) is 17.1. The molecule has 1 fully saturated rings. The number of ether oxygens (including phenoxy) is 1. The molecule has 1 aliphatic heterocycles. The molecule has 25 heavy (non-hydrogen) atoms. The molecule has 138 valence electrons. The summed E-state index contributed by atoms with van der Waals surface area (Å²) in [5.74, 6) is 0.0312. The maximum atomic E-state index is 14.5. The Morgan fingerprint density at radius 2 is 2.08 bits per heavy atom. The minimum Gasteiger partial charge on any atom is -0.386 e. The second-order valence-electron chi connectivity index (χ2n) is 6.00. The normalized spacial score (nSPS) is 20.9. The summed E-state index contributed by atoms with van der Waals surface area (Å²) in [7, 11) is 0. The molecule has 0 bridgehead atoms. The van der Waals surface area contributed by atoms with Crippen molar-refractivity contribution in [3.05, 3.63) is 27.2 Å². The highest BCUT2D eigenvalue weighted by atomic mass is 79.9. The topological polar surface area (TPSA) is 58.5 Å². The number of hydrogen-bond acceptors (Lipinski definition) is 5. The van der Waals surface area contributed by atoms with E-state index < -0.39 is 11.4 Å². The van der Waals surface area contributed by atoms with Crippen LogP contribution in [0.3, 0.4) is 0 Å². The molecule has 1 aromatic heterocycles. The Hall–Kier alpha value is -1.02. The lowest BCUT2D eigenvalue weighted by molar-refractivity contribution is -0.0123. The number of hydrogen-bond donors (Lipinski definition) is 1. The average Bonchev–Trinajstić information content (AvgIpc) is 2.75. The molecular formula is C17H22BrClFN3O2. The van der Waals surface area contributed by atoms with E-state index in [1.165, 1.54) is 0 Å². The summed E-state index contributed by atoms with van der Waals surface area (Å²) in [5.41, 5.74) is -0.134. The van der Waals surface area contributed by atoms with Crippen LogP contribution in [0.2, 0.25) is 5.28 Å². The minimum absolute atomic E-state index is 0.0352. The number of nitrogens with zero attached hydrogens (tertiary/aromatic N) is 3. The second-order valence-corrected chi connectivity index (χ2v) is 7.14. The third kappa shape index (κ3) is 4.39. The quantitative estimate of drug-likeness (QED) is 0.685. The van der Waals surface area contributed by atoms with Crippen molar-refractivity contribution >= 4 is 44.3 Å². The van der Waals surface area contributed by atoms with Crippen molar-refractivity contribution in [3.8, 4) is 0 Å². The highest BCUT2D eigenvalue weighted by molar-refractivity contribution is 9.10. The first kappa shape index (κ1) is 20.3. The van der Waals surface area contributed by atoms with E-state index >= 15 is 0 Å². The molecular weight excluding hydrogens is 413 g/mol. The SMILES string of the molecule is CC.Cc1cc2c(N3CCOCC(C)(O)C3)nc(Cl)nc2c(F)c1Br. The Labute approximate surface area is 160 Å². The van der Waals surface area contributed by atoms with E-state index in [1.54, 1.807) is 13.8 Å². The Morgan fingerprint density at radius 3 is 2.76 bits per heavy atom. The lowest BCUT2D eigenvalue weighted by Gasteiger charge is -2.29. The fourth-order valence-corrected chi connectivity index (χ4v) is 3.18. The van der Waals surface area contributed by atoms with Crippen molar-refractivity contribution < 1.29 is 14.2 Å². The van der Waals surface area contributed by atoms with E-state index in [1.807, 2.05) is 24.8 Å². The van der Waals surface area contributed by atoms with Gasteiger partial charge in [-0.15, -0.1) is 0 Å². The van der Waals surface area contributed by atoms with Crippen molar-refractivity contribution in [2.24, 2.45) is 0 Å². The third-order valence-corrected chi connectivity index (χ3v) is 4.90. The lowest BCUT2D eigenvalue weighted by atomic mass is 10.1. The van der Waals surface area contributed by atoms with E-state index in [0.29, 0.717) is 35.4 Å². The van der Waals surface area contributed by atoms with Gasteiger partial charge in [0, 0.05) is 11.9 Å². The first-order chi connectivity index (χ1) is 11.8. The number of halogens is 3. The zero-order chi connectivity index (χ0) is 18.8. The molecule has 0 aliphatic carbocycles. The number of fused-ring (bicyclic) bond motifs is 1. The molecule has 2 heterocycles. The molecule has 3 rings (SSSR count). The van der Waals surface area contributed by atoms with Crippen LogP contribution in [0, 0.1) is 12.7 Å². The first-order valence-corrected chi connectivity index (χ1v) is 9.32. The predicted octanol–water partition coefficient (Wildman–Crippen LogP) is 4.11. The Bertz CT molecular complexity index is 773. The van der Waals surface area contributed by atoms with Crippen LogP contribution >= 0.6 is 27.5 Å². The van der Waals surface area contributed by atoms with E-state index in [-0.39, 0.29) is 17.4 Å². The van der Waals surface area contributed by atoms with Gasteiger partial charge < -0.3 is 14.7 Å². The fraction of sp³-hybridized carbons (Fsp3) is 0.529. The largest absolute Gasteiger partial charge is 0.386 e. The van der Waals surface area contributed by atoms with Gasteiger partial charge in [-0.05, 0) is 53.0 Å². The Balaban J connectivity index is 0.00000109. The lowest BCUT2D eigenvalue weighted by Crippen LogP contribution is -2.42. The Kier molecular flexibility index (Phi) is 6.59. The van der Waals surface area contributed by atoms with E-state index in [4.69, 9.17) is 16.3 Å². The number of anilines is 1. The number of aliphatic hydroxyl groups is 1. The molecule has 5 nitrogen and oxygen atoms in total. The van der Waals surface area contributed by atoms with Crippen LogP contribution in [0.5, 0.6) is 0 Å². The van der Waals surface area contributed by atoms with Crippen molar-refractivity contribution in [3.63, 3.8) is 0 Å². The highest BCUT2D eigenvalue weighted by Gasteiger charge is 2.30. The van der Waals surface area contributed by atoms with Crippen LogP contribution in [0.15, 0.2) is 10.5 Å². The standard InChI is InChI=1S/C15H16BrClFN3O2.C2H6/c1-8-5-9-12(11(18)10(8)16)19-14(17)20-13(9)21-3-4-23-7-15(2,22)6-21;1-2/h5,22H,3-4,6-7H2,1-2H3;1-2H3. The summed E-state index contributed by atoms with van der Waals surface area (Å²) in [6.45, 7) is 9.00. The number of benzene rings is 1. The van der Waals surface area contributed by atoms with Crippen LogP contribution in [-0.2, 0) is 4.74 Å². The van der Waals surface area contributed by atoms with Gasteiger partial charge in [-0.2, -0.15) is 4.98 Å².